The second-order valence-corrected chi connectivity index (χ2v) is 9.72. The van der Waals surface area contributed by atoms with Gasteiger partial charge in [-0.15, -0.1) is 0 Å². The Hall–Kier alpha value is -2.78. The molecule has 1 amide bonds. The summed E-state index contributed by atoms with van der Waals surface area (Å²) in [7, 11) is 0. The Morgan fingerprint density at radius 3 is 2.76 bits per heavy atom. The minimum Gasteiger partial charge on any atom is -0.387 e. The molecule has 4 aliphatic rings. The van der Waals surface area contributed by atoms with Gasteiger partial charge in [-0.05, 0) is 56.3 Å². The molecule has 3 saturated carbocycles. The van der Waals surface area contributed by atoms with Gasteiger partial charge in [-0.3, -0.25) is 9.36 Å². The minimum absolute atomic E-state index is 0.0946. The molecule has 4 unspecified atom stereocenters. The number of aliphatic hydroxyl groups excluding tert-OH is 2. The van der Waals surface area contributed by atoms with Crippen LogP contribution in [0.5, 0.6) is 0 Å². The van der Waals surface area contributed by atoms with Crippen LogP contribution in [-0.4, -0.2) is 70.7 Å². The Morgan fingerprint density at radius 2 is 2.06 bits per heavy atom. The molecule has 0 aromatic carbocycles. The molecule has 6 N–H and O–H groups in total. The molecule has 0 radical (unpaired) electrons. The van der Waals surface area contributed by atoms with Crippen LogP contribution in [0.1, 0.15) is 50.6 Å². The molecule has 1 aliphatic heterocycles. The highest BCUT2D eigenvalue weighted by molar-refractivity contribution is 5.83. The summed E-state index contributed by atoms with van der Waals surface area (Å²) < 4.78 is 7.15. The topological polar surface area (TPSA) is 169 Å². The number of hydrogen-bond acceptors (Lipinski definition) is 9. The van der Waals surface area contributed by atoms with Crippen molar-refractivity contribution in [3.63, 3.8) is 0 Å². The van der Waals surface area contributed by atoms with E-state index >= 15 is 0 Å². The van der Waals surface area contributed by atoms with Gasteiger partial charge in [0.05, 0.1) is 6.33 Å². The van der Waals surface area contributed by atoms with E-state index in [0.29, 0.717) is 12.3 Å². The molecule has 7 atom stereocenters. The van der Waals surface area contributed by atoms with Crippen LogP contribution in [0.15, 0.2) is 6.33 Å². The van der Waals surface area contributed by atoms with Crippen molar-refractivity contribution in [3.8, 4) is 11.8 Å². The van der Waals surface area contributed by atoms with Gasteiger partial charge < -0.3 is 31.1 Å². The Bertz CT molecular complexity index is 1190. The van der Waals surface area contributed by atoms with Gasteiger partial charge in [0.25, 0.3) is 5.91 Å². The van der Waals surface area contributed by atoms with Crippen molar-refractivity contribution in [2.75, 3.05) is 5.73 Å². The molecule has 6 rings (SSSR count). The molecule has 2 aromatic heterocycles. The van der Waals surface area contributed by atoms with Gasteiger partial charge in [-0.2, -0.15) is 0 Å². The Kier molecular flexibility index (Phi) is 4.64. The predicted octanol–water partition coefficient (Wildman–Crippen LogP) is -0.791. The molecule has 11 nitrogen and oxygen atoms in total. The van der Waals surface area contributed by atoms with E-state index in [0.717, 1.165) is 32.1 Å². The number of rotatable bonds is 3. The number of nitrogen functional groups attached to an aromatic ring is 1. The Morgan fingerprint density at radius 1 is 1.24 bits per heavy atom. The van der Waals surface area contributed by atoms with Gasteiger partial charge in [0.2, 0.25) is 5.82 Å². The van der Waals surface area contributed by atoms with Crippen LogP contribution in [0.25, 0.3) is 11.2 Å². The highest BCUT2D eigenvalue weighted by Crippen LogP contribution is 2.50. The number of fused-ring (bicyclic) bond motifs is 3. The van der Waals surface area contributed by atoms with Crippen molar-refractivity contribution < 1.29 is 24.9 Å². The lowest BCUT2D eigenvalue weighted by molar-refractivity contribution is -0.137. The van der Waals surface area contributed by atoms with Gasteiger partial charge >= 0.3 is 0 Å². The van der Waals surface area contributed by atoms with Gasteiger partial charge in [-0.25, -0.2) is 15.0 Å². The number of hydrogen-bond donors (Lipinski definition) is 5. The number of aromatic nitrogens is 4. The number of nitrogens with two attached hydrogens (primary N) is 1. The average molecular weight is 454 g/mol. The number of amides is 1. The number of carbonyl (C=O) groups is 1. The SMILES string of the molecule is Nc1nc(C#CC2(O)CC3CCC2C3)nc2c1ncn2[C@@H]1O[C@H](C(=O)NC2CC2)[C@H](O)C1O. The fraction of sp³-hybridized carbons (Fsp3) is 0.636. The second kappa shape index (κ2) is 7.36. The molecule has 1 saturated heterocycles. The summed E-state index contributed by atoms with van der Waals surface area (Å²) in [6.45, 7) is 0. The van der Waals surface area contributed by atoms with E-state index in [9.17, 15) is 20.1 Å². The van der Waals surface area contributed by atoms with Crippen molar-refractivity contribution in [3.05, 3.63) is 12.2 Å². The Labute approximate surface area is 189 Å². The maximum atomic E-state index is 12.4. The first kappa shape index (κ1) is 20.8. The highest BCUT2D eigenvalue weighted by Gasteiger charge is 2.50. The number of carbonyl (C=O) groups excluding carboxylic acids is 1. The van der Waals surface area contributed by atoms with Crippen LogP contribution in [0.3, 0.4) is 0 Å². The average Bonchev–Trinajstić information content (AvgIpc) is 3.11. The summed E-state index contributed by atoms with van der Waals surface area (Å²) in [5, 5.41) is 34.7. The summed E-state index contributed by atoms with van der Waals surface area (Å²) in [6, 6.07) is 0.0946. The number of nitrogens with one attached hydrogen (secondary N) is 1. The number of nitrogens with zero attached hydrogens (tertiary/aromatic N) is 4. The number of aliphatic hydroxyl groups is 3. The van der Waals surface area contributed by atoms with Crippen LogP contribution in [-0.2, 0) is 9.53 Å². The molecule has 2 bridgehead atoms. The summed E-state index contributed by atoms with van der Waals surface area (Å²) in [5.74, 6) is 6.27. The molecule has 11 heteroatoms. The van der Waals surface area contributed by atoms with E-state index in [4.69, 9.17) is 10.5 Å². The monoisotopic (exact) mass is 454 g/mol. The van der Waals surface area contributed by atoms with E-state index in [-0.39, 0.29) is 34.8 Å². The van der Waals surface area contributed by atoms with Crippen LogP contribution in [0.4, 0.5) is 5.82 Å². The number of anilines is 1. The molecule has 3 heterocycles. The van der Waals surface area contributed by atoms with Gasteiger partial charge in [0, 0.05) is 6.04 Å². The van der Waals surface area contributed by atoms with Crippen molar-refractivity contribution >= 4 is 22.9 Å². The molecule has 4 fully saturated rings. The molecular formula is C22H26N6O5. The van der Waals surface area contributed by atoms with Gasteiger partial charge in [0.15, 0.2) is 23.8 Å². The largest absolute Gasteiger partial charge is 0.387 e. The molecule has 2 aromatic rings. The molecule has 0 spiro atoms. The highest BCUT2D eigenvalue weighted by atomic mass is 16.6. The Balaban J connectivity index is 1.30. The zero-order chi connectivity index (χ0) is 22.9. The van der Waals surface area contributed by atoms with Crippen molar-refractivity contribution in [1.29, 1.82) is 0 Å². The summed E-state index contributed by atoms with van der Waals surface area (Å²) in [6.07, 6.45) is 1.83. The first-order valence-corrected chi connectivity index (χ1v) is 11.4. The molecule has 33 heavy (non-hydrogen) atoms. The van der Waals surface area contributed by atoms with E-state index in [1.54, 1.807) is 0 Å². The van der Waals surface area contributed by atoms with Crippen molar-refractivity contribution in [1.82, 2.24) is 24.8 Å². The van der Waals surface area contributed by atoms with E-state index in [1.165, 1.54) is 10.9 Å². The lowest BCUT2D eigenvalue weighted by atomic mass is 9.85. The third-order valence-corrected chi connectivity index (χ3v) is 7.35. The first-order chi connectivity index (χ1) is 15.8. The summed E-state index contributed by atoms with van der Waals surface area (Å²) in [4.78, 5) is 25.3. The molecule has 174 valence electrons. The number of ether oxygens (including phenoxy) is 1. The van der Waals surface area contributed by atoms with Crippen LogP contribution in [0, 0.1) is 23.7 Å². The third kappa shape index (κ3) is 3.45. The maximum Gasteiger partial charge on any atom is 0.252 e. The normalized spacial score (nSPS) is 37.3. The minimum atomic E-state index is -1.41. The maximum absolute atomic E-state index is 12.4. The van der Waals surface area contributed by atoms with Crippen molar-refractivity contribution in [2.45, 2.75) is 74.7 Å². The number of imidazole rings is 1. The quantitative estimate of drug-likeness (QED) is 0.373. The predicted molar refractivity (Wildman–Crippen MR) is 114 cm³/mol. The second-order valence-electron chi connectivity index (χ2n) is 9.72. The van der Waals surface area contributed by atoms with E-state index in [2.05, 4.69) is 32.1 Å². The smallest absolute Gasteiger partial charge is 0.252 e. The molecule has 3 aliphatic carbocycles. The van der Waals surface area contributed by atoms with Crippen LogP contribution < -0.4 is 11.1 Å². The first-order valence-electron chi connectivity index (χ1n) is 11.4. The summed E-state index contributed by atoms with van der Waals surface area (Å²) >= 11 is 0. The van der Waals surface area contributed by atoms with Crippen LogP contribution in [0.2, 0.25) is 0 Å². The lowest BCUT2D eigenvalue weighted by Gasteiger charge is -2.26. The fourth-order valence-corrected chi connectivity index (χ4v) is 5.42. The fourth-order valence-electron chi connectivity index (χ4n) is 5.42. The van der Waals surface area contributed by atoms with Gasteiger partial charge in [0.1, 0.15) is 23.3 Å². The van der Waals surface area contributed by atoms with Crippen LogP contribution >= 0.6 is 0 Å². The van der Waals surface area contributed by atoms with E-state index in [1.807, 2.05) is 0 Å². The zero-order valence-electron chi connectivity index (χ0n) is 17.9. The molecular weight excluding hydrogens is 428 g/mol. The zero-order valence-corrected chi connectivity index (χ0v) is 17.9. The van der Waals surface area contributed by atoms with Crippen molar-refractivity contribution in [2.24, 2.45) is 11.8 Å². The van der Waals surface area contributed by atoms with E-state index < -0.39 is 36.0 Å². The standard InChI is InChI=1S/C22H26N6O5/c23-18-14-19(27-13(26-18)5-6-22(32)8-10-1-2-11(22)7-10)28(9-24-14)21-16(30)15(29)17(33-21)20(31)25-12-3-4-12/h9-12,15-17,21,29-30,32H,1-4,7-8H2,(H,25,31)(H2,23,26,27)/t10?,11?,15-,16?,17+,21-,22?/m1/s1. The summed E-state index contributed by atoms with van der Waals surface area (Å²) in [5.41, 5.74) is 5.58. The third-order valence-electron chi connectivity index (χ3n) is 7.35. The van der Waals surface area contributed by atoms with Gasteiger partial charge in [-0.1, -0.05) is 5.92 Å². The lowest BCUT2D eigenvalue weighted by Crippen LogP contribution is -2.43.